The number of aliphatic hydroxyl groups is 2. The Labute approximate surface area is 101 Å². The number of nitro groups is 1. The van der Waals surface area contributed by atoms with E-state index in [0.717, 1.165) is 0 Å². The van der Waals surface area contributed by atoms with Crippen LogP contribution in [0.4, 0.5) is 11.4 Å². The zero-order valence-corrected chi connectivity index (χ0v) is 9.18. The summed E-state index contributed by atoms with van der Waals surface area (Å²) in [5, 5.41) is 38.5. The summed E-state index contributed by atoms with van der Waals surface area (Å²) >= 11 is 0. The van der Waals surface area contributed by atoms with Crippen LogP contribution in [0.15, 0.2) is 18.2 Å². The summed E-state index contributed by atoms with van der Waals surface area (Å²) in [6.07, 6.45) is -4.07. The van der Waals surface area contributed by atoms with Crippen molar-refractivity contribution in [2.75, 3.05) is 5.73 Å². The van der Waals surface area contributed by atoms with Crippen molar-refractivity contribution in [1.82, 2.24) is 0 Å². The summed E-state index contributed by atoms with van der Waals surface area (Å²) in [6, 6.07) is 3.86. The van der Waals surface area contributed by atoms with Crippen LogP contribution < -0.4 is 5.73 Å². The Kier molecular flexibility index (Phi) is 4.18. The molecular weight excluding hydrogens is 244 g/mol. The highest BCUT2D eigenvalue weighted by molar-refractivity contribution is 5.68. The normalized spacial score (nSPS) is 13.9. The summed E-state index contributed by atoms with van der Waals surface area (Å²) in [4.78, 5) is 20.4. The summed E-state index contributed by atoms with van der Waals surface area (Å²) in [5.41, 5.74) is 4.50. The van der Waals surface area contributed by atoms with Crippen LogP contribution >= 0.6 is 0 Å². The highest BCUT2D eigenvalue weighted by atomic mass is 16.6. The first kappa shape index (κ1) is 13.9. The number of rotatable bonds is 5. The van der Waals surface area contributed by atoms with Crippen LogP contribution in [-0.4, -0.2) is 32.3 Å². The Balaban J connectivity index is 3.12. The molecule has 2 unspecified atom stereocenters. The van der Waals surface area contributed by atoms with E-state index in [-0.39, 0.29) is 11.3 Å². The molecule has 0 heterocycles. The van der Waals surface area contributed by atoms with Gasteiger partial charge in [-0.05, 0) is 12.1 Å². The van der Waals surface area contributed by atoms with Gasteiger partial charge in [0, 0.05) is 0 Å². The van der Waals surface area contributed by atoms with E-state index >= 15 is 0 Å². The molecule has 1 aromatic carbocycles. The van der Waals surface area contributed by atoms with Gasteiger partial charge in [-0.25, -0.2) is 0 Å². The summed E-state index contributed by atoms with van der Waals surface area (Å²) in [5.74, 6) is -1.33. The van der Waals surface area contributed by atoms with Crippen LogP contribution in [0.1, 0.15) is 18.1 Å². The largest absolute Gasteiger partial charge is 0.481 e. The first-order valence-corrected chi connectivity index (χ1v) is 4.95. The van der Waals surface area contributed by atoms with Crippen LogP contribution in [0, 0.1) is 10.1 Å². The second kappa shape index (κ2) is 5.43. The molecule has 0 fully saturated rings. The second-order valence-electron chi connectivity index (χ2n) is 3.65. The minimum atomic E-state index is -1.69. The number of hydrogen-bond donors (Lipinski definition) is 4. The molecule has 2 atom stereocenters. The van der Waals surface area contributed by atoms with E-state index in [1.54, 1.807) is 0 Å². The van der Waals surface area contributed by atoms with Crippen LogP contribution in [0.25, 0.3) is 0 Å². The summed E-state index contributed by atoms with van der Waals surface area (Å²) in [6.45, 7) is 0. The molecule has 98 valence electrons. The number of hydrogen-bond acceptors (Lipinski definition) is 6. The van der Waals surface area contributed by atoms with E-state index in [1.807, 2.05) is 0 Å². The van der Waals surface area contributed by atoms with Gasteiger partial charge in [0.1, 0.15) is 11.8 Å². The van der Waals surface area contributed by atoms with Gasteiger partial charge in [0.15, 0.2) is 0 Å². The topological polar surface area (TPSA) is 147 Å². The third-order valence-corrected chi connectivity index (χ3v) is 2.35. The molecule has 0 aliphatic heterocycles. The van der Waals surface area contributed by atoms with Gasteiger partial charge in [-0.2, -0.15) is 0 Å². The highest BCUT2D eigenvalue weighted by Crippen LogP contribution is 2.32. The number of carbonyl (C=O) groups is 1. The van der Waals surface area contributed by atoms with Gasteiger partial charge in [0.2, 0.25) is 0 Å². The fraction of sp³-hybridized carbons (Fsp3) is 0.300. The number of nitrogens with two attached hydrogens (primary N) is 1. The van der Waals surface area contributed by atoms with E-state index in [1.165, 1.54) is 18.2 Å². The molecule has 0 bridgehead atoms. The van der Waals surface area contributed by atoms with Gasteiger partial charge in [0.25, 0.3) is 5.69 Å². The van der Waals surface area contributed by atoms with Gasteiger partial charge in [0.05, 0.1) is 23.0 Å². The van der Waals surface area contributed by atoms with E-state index in [2.05, 4.69) is 0 Å². The van der Waals surface area contributed by atoms with E-state index in [9.17, 15) is 25.1 Å². The van der Waals surface area contributed by atoms with Crippen molar-refractivity contribution in [3.63, 3.8) is 0 Å². The molecule has 0 aliphatic rings. The third kappa shape index (κ3) is 2.93. The van der Waals surface area contributed by atoms with Gasteiger partial charge >= 0.3 is 5.97 Å². The quantitative estimate of drug-likeness (QED) is 0.330. The number of carboxylic acid groups (broad SMARTS) is 1. The molecular formula is C10H12N2O6. The molecule has 5 N–H and O–H groups in total. The Morgan fingerprint density at radius 3 is 2.56 bits per heavy atom. The lowest BCUT2D eigenvalue weighted by atomic mass is 9.99. The number of anilines is 1. The van der Waals surface area contributed by atoms with Gasteiger partial charge in [-0.15, -0.1) is 0 Å². The lowest BCUT2D eigenvalue weighted by Gasteiger charge is -2.16. The molecule has 0 amide bonds. The smallest absolute Gasteiger partial charge is 0.306 e. The maximum absolute atomic E-state index is 10.8. The molecule has 0 spiro atoms. The predicted octanol–water partition coefficient (Wildman–Crippen LogP) is 0.0460. The molecule has 1 rings (SSSR count). The molecule has 0 saturated carbocycles. The van der Waals surface area contributed by atoms with Gasteiger partial charge < -0.3 is 21.1 Å². The maximum Gasteiger partial charge on any atom is 0.306 e. The number of nitrogens with zero attached hydrogens (tertiary/aromatic N) is 1. The molecule has 0 radical (unpaired) electrons. The van der Waals surface area contributed by atoms with Crippen LogP contribution in [0.2, 0.25) is 0 Å². The Hall–Kier alpha value is -2.19. The SMILES string of the molecule is Nc1cccc(C(O)C(O)CC(=O)O)c1[N+](=O)[O-]. The van der Waals surface area contributed by atoms with Crippen molar-refractivity contribution in [2.45, 2.75) is 18.6 Å². The average Bonchev–Trinajstić information content (AvgIpc) is 2.26. The van der Waals surface area contributed by atoms with Gasteiger partial charge in [-0.3, -0.25) is 14.9 Å². The first-order chi connectivity index (χ1) is 8.34. The lowest BCUT2D eigenvalue weighted by molar-refractivity contribution is -0.385. The molecule has 8 nitrogen and oxygen atoms in total. The number of aliphatic hydroxyl groups excluding tert-OH is 2. The van der Waals surface area contributed by atoms with E-state index in [0.29, 0.717) is 0 Å². The number of nitrogen functional groups attached to an aromatic ring is 1. The van der Waals surface area contributed by atoms with Crippen LogP contribution in [0.5, 0.6) is 0 Å². The Morgan fingerprint density at radius 1 is 1.44 bits per heavy atom. The molecule has 8 heteroatoms. The number of para-hydroxylation sites is 1. The fourth-order valence-electron chi connectivity index (χ4n) is 1.53. The third-order valence-electron chi connectivity index (χ3n) is 2.35. The zero-order valence-electron chi connectivity index (χ0n) is 9.18. The number of benzene rings is 1. The number of nitro benzene ring substituents is 1. The van der Waals surface area contributed by atoms with E-state index < -0.39 is 35.2 Å². The Morgan fingerprint density at radius 2 is 2.06 bits per heavy atom. The monoisotopic (exact) mass is 256 g/mol. The van der Waals surface area contributed by atoms with Crippen molar-refractivity contribution in [3.05, 3.63) is 33.9 Å². The molecule has 1 aromatic rings. The van der Waals surface area contributed by atoms with Crippen molar-refractivity contribution in [3.8, 4) is 0 Å². The summed E-state index contributed by atoms with van der Waals surface area (Å²) < 4.78 is 0. The standard InChI is InChI=1S/C10H12N2O6/c11-6-3-1-2-5(9(6)12(17)18)10(16)7(13)4-8(14)15/h1-3,7,10,13,16H,4,11H2,(H,14,15). The van der Waals surface area contributed by atoms with Crippen molar-refractivity contribution in [1.29, 1.82) is 0 Å². The molecule has 0 aromatic heterocycles. The average molecular weight is 256 g/mol. The lowest BCUT2D eigenvalue weighted by Crippen LogP contribution is -2.22. The zero-order chi connectivity index (χ0) is 13.9. The predicted molar refractivity (Wildman–Crippen MR) is 60.7 cm³/mol. The number of aliphatic carboxylic acids is 1. The molecule has 0 saturated heterocycles. The van der Waals surface area contributed by atoms with Crippen LogP contribution in [0.3, 0.4) is 0 Å². The molecule has 18 heavy (non-hydrogen) atoms. The minimum Gasteiger partial charge on any atom is -0.481 e. The molecule has 0 aliphatic carbocycles. The van der Waals surface area contributed by atoms with Crippen LogP contribution in [-0.2, 0) is 4.79 Å². The fourth-order valence-corrected chi connectivity index (χ4v) is 1.53. The summed E-state index contributed by atoms with van der Waals surface area (Å²) in [7, 11) is 0. The Bertz CT molecular complexity index is 475. The number of carboxylic acids is 1. The minimum absolute atomic E-state index is 0.168. The maximum atomic E-state index is 10.8. The van der Waals surface area contributed by atoms with E-state index in [4.69, 9.17) is 10.8 Å². The van der Waals surface area contributed by atoms with Gasteiger partial charge in [-0.1, -0.05) is 6.07 Å². The van der Waals surface area contributed by atoms with Crippen molar-refractivity contribution in [2.24, 2.45) is 0 Å². The second-order valence-corrected chi connectivity index (χ2v) is 3.65. The van der Waals surface area contributed by atoms with Crippen molar-refractivity contribution < 1.29 is 25.0 Å². The highest BCUT2D eigenvalue weighted by Gasteiger charge is 2.29. The first-order valence-electron chi connectivity index (χ1n) is 4.95. The van der Waals surface area contributed by atoms with Crippen molar-refractivity contribution >= 4 is 17.3 Å².